The molecule has 0 aliphatic rings. The van der Waals surface area contributed by atoms with Gasteiger partial charge in [-0.2, -0.15) is 0 Å². The highest BCUT2D eigenvalue weighted by Crippen LogP contribution is 2.24. The normalized spacial score (nSPS) is 12.7. The molecular weight excluding hydrogens is 425 g/mol. The maximum absolute atomic E-state index is 11.7. The number of hydrogen-bond donors (Lipinski definition) is 1. The van der Waals surface area contributed by atoms with E-state index in [1.165, 1.54) is 0 Å². The molecule has 0 unspecified atom stereocenters. The van der Waals surface area contributed by atoms with Crippen molar-refractivity contribution in [1.29, 1.82) is 0 Å². The molecule has 2 aromatic rings. The van der Waals surface area contributed by atoms with E-state index in [2.05, 4.69) is 57.0 Å². The van der Waals surface area contributed by atoms with Gasteiger partial charge < -0.3 is 17.8 Å². The highest BCUT2D eigenvalue weighted by atomic mass is 28.5. The van der Waals surface area contributed by atoms with Crippen LogP contribution in [0, 0.1) is 0 Å². The minimum Gasteiger partial charge on any atom is -0.412 e. The molecule has 0 amide bonds. The molecule has 0 fully saturated rings. The third kappa shape index (κ3) is 7.73. The maximum atomic E-state index is 11.7. The zero-order chi connectivity index (χ0) is 22.3. The third-order valence-electron chi connectivity index (χ3n) is 4.90. The monoisotopic (exact) mass is 460 g/mol. The van der Waals surface area contributed by atoms with Crippen molar-refractivity contribution in [2.24, 2.45) is 0 Å². The Morgan fingerprint density at radius 3 is 1.67 bits per heavy atom. The molecule has 0 aliphatic heterocycles. The van der Waals surface area contributed by atoms with Crippen LogP contribution in [0.25, 0.3) is 0 Å². The van der Waals surface area contributed by atoms with Crippen molar-refractivity contribution in [3.8, 4) is 0 Å². The quantitative estimate of drug-likeness (QED) is 0.293. The second-order valence-corrected chi connectivity index (χ2v) is 19.5. The summed E-state index contributed by atoms with van der Waals surface area (Å²) in [6.07, 6.45) is 0.689. The van der Waals surface area contributed by atoms with Crippen LogP contribution in [0.4, 0.5) is 0 Å². The molecule has 0 spiro atoms. The van der Waals surface area contributed by atoms with Crippen LogP contribution in [-0.2, 0) is 13.0 Å². The summed E-state index contributed by atoms with van der Waals surface area (Å²) in [5.74, 6) is 0. The maximum Gasteiger partial charge on any atom is 0.477 e. The SMILES string of the molecule is C=C(C)COCCC[Si](O)(O[Si](C)(C)c1ccccc1)O[Si](C)(C)c1ccccc1. The van der Waals surface area contributed by atoms with Crippen molar-refractivity contribution in [3.05, 3.63) is 72.8 Å². The van der Waals surface area contributed by atoms with Crippen LogP contribution in [0.15, 0.2) is 72.8 Å². The third-order valence-corrected chi connectivity index (χ3v) is 16.0. The smallest absolute Gasteiger partial charge is 0.412 e. The van der Waals surface area contributed by atoms with Crippen molar-refractivity contribution in [2.75, 3.05) is 13.2 Å². The predicted octanol–water partition coefficient (Wildman–Crippen LogP) is 4.16. The van der Waals surface area contributed by atoms with E-state index >= 15 is 0 Å². The minimum atomic E-state index is -3.44. The van der Waals surface area contributed by atoms with Gasteiger partial charge in [-0.15, -0.1) is 0 Å². The lowest BCUT2D eigenvalue weighted by Crippen LogP contribution is -2.62. The Kier molecular flexibility index (Phi) is 8.99. The summed E-state index contributed by atoms with van der Waals surface area (Å²) in [5, 5.41) is 2.30. The molecule has 0 aromatic heterocycles. The van der Waals surface area contributed by atoms with Gasteiger partial charge in [0, 0.05) is 12.7 Å². The van der Waals surface area contributed by atoms with Crippen molar-refractivity contribution >= 4 is 35.8 Å². The summed E-state index contributed by atoms with van der Waals surface area (Å²) in [7, 11) is -8.14. The molecule has 7 heteroatoms. The molecule has 2 aromatic carbocycles. The Hall–Kier alpha value is -1.33. The molecule has 0 heterocycles. The summed E-state index contributed by atoms with van der Waals surface area (Å²) in [6, 6.07) is 20.9. The van der Waals surface area contributed by atoms with Gasteiger partial charge in [-0.3, -0.25) is 0 Å². The molecule has 2 rings (SSSR count). The van der Waals surface area contributed by atoms with E-state index < -0.39 is 25.4 Å². The van der Waals surface area contributed by atoms with Crippen LogP contribution < -0.4 is 10.4 Å². The lowest BCUT2D eigenvalue weighted by molar-refractivity contribution is 0.151. The lowest BCUT2D eigenvalue weighted by Gasteiger charge is -2.38. The number of ether oxygens (including phenoxy) is 1. The average Bonchev–Trinajstić information content (AvgIpc) is 2.68. The highest BCUT2D eigenvalue weighted by molar-refractivity contribution is 6.94. The van der Waals surface area contributed by atoms with Gasteiger partial charge in [-0.05, 0) is 49.9 Å². The van der Waals surface area contributed by atoms with Gasteiger partial charge in [0.1, 0.15) is 0 Å². The molecule has 0 bridgehead atoms. The van der Waals surface area contributed by atoms with E-state index in [-0.39, 0.29) is 0 Å². The minimum absolute atomic E-state index is 0.482. The van der Waals surface area contributed by atoms with Crippen LogP contribution in [0.3, 0.4) is 0 Å². The standard InChI is InChI=1S/C23H36O4Si3/c1-21(2)20-25-18-13-19-30(24,26-28(3,4)22-14-9-7-10-15-22)27-29(5,6)23-16-11-8-12-17-23/h7-12,14-17,24H,1,13,18-20H2,2-6H3. The summed E-state index contributed by atoms with van der Waals surface area (Å²) in [4.78, 5) is 11.7. The molecule has 30 heavy (non-hydrogen) atoms. The molecule has 0 saturated carbocycles. The van der Waals surface area contributed by atoms with Crippen LogP contribution in [0.5, 0.6) is 0 Å². The van der Waals surface area contributed by atoms with Gasteiger partial charge in [0.15, 0.2) is 0 Å². The Morgan fingerprint density at radius 1 is 0.833 bits per heavy atom. The molecular formula is C23H36O4Si3. The van der Waals surface area contributed by atoms with E-state index in [1.54, 1.807) is 0 Å². The summed E-state index contributed by atoms with van der Waals surface area (Å²) in [6.45, 7) is 15.4. The van der Waals surface area contributed by atoms with E-state index in [0.717, 1.165) is 15.9 Å². The molecule has 164 valence electrons. The zero-order valence-corrected chi connectivity index (χ0v) is 22.0. The van der Waals surface area contributed by atoms with Crippen LogP contribution in [0.2, 0.25) is 32.2 Å². The van der Waals surface area contributed by atoms with Gasteiger partial charge in [0.2, 0.25) is 16.6 Å². The Balaban J connectivity index is 2.19. The van der Waals surface area contributed by atoms with Gasteiger partial charge in [0.05, 0.1) is 6.61 Å². The van der Waals surface area contributed by atoms with Crippen molar-refractivity contribution in [3.63, 3.8) is 0 Å². The molecule has 1 N–H and O–H groups in total. The lowest BCUT2D eigenvalue weighted by atomic mass is 10.4. The number of rotatable bonds is 12. The second-order valence-electron chi connectivity index (χ2n) is 8.78. The Labute approximate surface area is 185 Å². The van der Waals surface area contributed by atoms with Gasteiger partial charge in [0.25, 0.3) is 0 Å². The first kappa shape index (κ1) is 24.9. The van der Waals surface area contributed by atoms with Crippen LogP contribution in [0.1, 0.15) is 13.3 Å². The molecule has 0 aliphatic carbocycles. The largest absolute Gasteiger partial charge is 0.477 e. The van der Waals surface area contributed by atoms with Gasteiger partial charge in [-0.25, -0.2) is 0 Å². The summed E-state index contributed by atoms with van der Waals surface area (Å²) < 4.78 is 18.8. The highest BCUT2D eigenvalue weighted by Gasteiger charge is 2.47. The molecule has 4 nitrogen and oxygen atoms in total. The average molecular weight is 461 g/mol. The van der Waals surface area contributed by atoms with E-state index in [0.29, 0.717) is 25.7 Å². The van der Waals surface area contributed by atoms with E-state index in [9.17, 15) is 4.80 Å². The fourth-order valence-electron chi connectivity index (χ4n) is 3.36. The predicted molar refractivity (Wildman–Crippen MR) is 132 cm³/mol. The molecule has 0 saturated heterocycles. The van der Waals surface area contributed by atoms with Gasteiger partial charge >= 0.3 is 8.80 Å². The second kappa shape index (κ2) is 10.8. The van der Waals surface area contributed by atoms with Crippen LogP contribution >= 0.6 is 0 Å². The van der Waals surface area contributed by atoms with Crippen LogP contribution in [-0.4, -0.2) is 43.4 Å². The zero-order valence-electron chi connectivity index (χ0n) is 19.0. The summed E-state index contributed by atoms with van der Waals surface area (Å²) in [5.41, 5.74) is 0.991. The Morgan fingerprint density at radius 2 is 1.27 bits per heavy atom. The first-order chi connectivity index (χ1) is 14.0. The molecule has 0 radical (unpaired) electrons. The number of benzene rings is 2. The van der Waals surface area contributed by atoms with Crippen molar-refractivity contribution < 1.29 is 17.8 Å². The van der Waals surface area contributed by atoms with Gasteiger partial charge in [-0.1, -0.05) is 72.8 Å². The van der Waals surface area contributed by atoms with E-state index in [1.807, 2.05) is 43.3 Å². The van der Waals surface area contributed by atoms with E-state index in [4.69, 9.17) is 13.0 Å². The first-order valence-corrected chi connectivity index (χ1v) is 18.3. The fraction of sp³-hybridized carbons (Fsp3) is 0.391. The molecule has 0 atom stereocenters. The fourth-order valence-corrected chi connectivity index (χ4v) is 14.6. The van der Waals surface area contributed by atoms with Crippen molar-refractivity contribution in [2.45, 2.75) is 45.6 Å². The number of hydrogen-bond acceptors (Lipinski definition) is 4. The summed E-state index contributed by atoms with van der Waals surface area (Å²) >= 11 is 0. The first-order valence-electron chi connectivity index (χ1n) is 10.5. The van der Waals surface area contributed by atoms with Crippen molar-refractivity contribution in [1.82, 2.24) is 0 Å². The topological polar surface area (TPSA) is 47.9 Å². The Bertz CT molecular complexity index is 741.